The van der Waals surface area contributed by atoms with Crippen molar-refractivity contribution < 1.29 is 5.11 Å². The van der Waals surface area contributed by atoms with Crippen LogP contribution in [0.15, 0.2) is 0 Å². The second-order valence-electron chi connectivity index (χ2n) is 6.28. The molecule has 0 radical (unpaired) electrons. The van der Waals surface area contributed by atoms with Crippen molar-refractivity contribution in [3.05, 3.63) is 0 Å². The van der Waals surface area contributed by atoms with Crippen molar-refractivity contribution in [3.8, 4) is 0 Å². The minimum atomic E-state index is -0.443. The first-order chi connectivity index (χ1) is 7.03. The van der Waals surface area contributed by atoms with E-state index in [0.717, 1.165) is 24.2 Å². The number of hydrogen-bond acceptors (Lipinski definition) is 1. The summed E-state index contributed by atoms with van der Waals surface area (Å²) in [7, 11) is 0. The fourth-order valence-corrected chi connectivity index (χ4v) is 3.72. The molecule has 2 saturated carbocycles. The quantitative estimate of drug-likeness (QED) is 0.751. The molecule has 0 aliphatic heterocycles. The minimum Gasteiger partial charge on any atom is -0.390 e. The fourth-order valence-electron chi connectivity index (χ4n) is 3.72. The summed E-state index contributed by atoms with van der Waals surface area (Å²) < 4.78 is 0. The molecule has 88 valence electrons. The molecule has 5 unspecified atom stereocenters. The van der Waals surface area contributed by atoms with Gasteiger partial charge in [0.2, 0.25) is 0 Å². The molecule has 2 fully saturated rings. The van der Waals surface area contributed by atoms with Crippen LogP contribution in [0.2, 0.25) is 0 Å². The van der Waals surface area contributed by atoms with E-state index in [9.17, 15) is 5.11 Å². The Balaban J connectivity index is 1.87. The van der Waals surface area contributed by atoms with Crippen molar-refractivity contribution in [1.29, 1.82) is 0 Å². The summed E-state index contributed by atoms with van der Waals surface area (Å²) in [5.41, 5.74) is -0.443. The summed E-state index contributed by atoms with van der Waals surface area (Å²) >= 11 is 0. The molecule has 0 heterocycles. The molecule has 5 atom stereocenters. The van der Waals surface area contributed by atoms with E-state index in [4.69, 9.17) is 0 Å². The van der Waals surface area contributed by atoms with E-state index >= 15 is 0 Å². The van der Waals surface area contributed by atoms with E-state index in [-0.39, 0.29) is 0 Å². The van der Waals surface area contributed by atoms with Gasteiger partial charge in [-0.15, -0.1) is 0 Å². The summed E-state index contributed by atoms with van der Waals surface area (Å²) in [5.74, 6) is 3.44. The lowest BCUT2D eigenvalue weighted by Crippen LogP contribution is -2.33. The SMILES string of the molecule is CCC(C)(O)C(C)CC1CC2CCC1C2. The Morgan fingerprint density at radius 1 is 1.33 bits per heavy atom. The average molecular weight is 210 g/mol. The molecule has 0 aromatic heterocycles. The van der Waals surface area contributed by atoms with Gasteiger partial charge in [0.05, 0.1) is 5.60 Å². The van der Waals surface area contributed by atoms with Gasteiger partial charge in [0.25, 0.3) is 0 Å². The zero-order valence-electron chi connectivity index (χ0n) is 10.5. The van der Waals surface area contributed by atoms with Crippen LogP contribution in [0, 0.1) is 23.7 Å². The van der Waals surface area contributed by atoms with Crippen molar-refractivity contribution >= 4 is 0 Å². The average Bonchev–Trinajstić information content (AvgIpc) is 2.79. The van der Waals surface area contributed by atoms with E-state index in [1.165, 1.54) is 32.1 Å². The molecule has 0 aromatic carbocycles. The highest BCUT2D eigenvalue weighted by atomic mass is 16.3. The van der Waals surface area contributed by atoms with Gasteiger partial charge in [-0.05, 0) is 62.7 Å². The molecule has 2 bridgehead atoms. The second kappa shape index (κ2) is 4.08. The van der Waals surface area contributed by atoms with Gasteiger partial charge in [0.1, 0.15) is 0 Å². The zero-order chi connectivity index (χ0) is 11.1. The molecular weight excluding hydrogens is 184 g/mol. The van der Waals surface area contributed by atoms with Crippen LogP contribution < -0.4 is 0 Å². The lowest BCUT2D eigenvalue weighted by atomic mass is 9.76. The Hall–Kier alpha value is -0.0400. The maximum Gasteiger partial charge on any atom is 0.0642 e. The number of fused-ring (bicyclic) bond motifs is 2. The monoisotopic (exact) mass is 210 g/mol. The smallest absolute Gasteiger partial charge is 0.0642 e. The van der Waals surface area contributed by atoms with Gasteiger partial charge in [-0.1, -0.05) is 20.3 Å². The normalized spacial score (nSPS) is 40.4. The van der Waals surface area contributed by atoms with Gasteiger partial charge in [-0.25, -0.2) is 0 Å². The Bertz CT molecular complexity index is 221. The van der Waals surface area contributed by atoms with Crippen molar-refractivity contribution in [2.24, 2.45) is 23.7 Å². The van der Waals surface area contributed by atoms with Crippen LogP contribution in [0.4, 0.5) is 0 Å². The first-order valence-electron chi connectivity index (χ1n) is 6.75. The summed E-state index contributed by atoms with van der Waals surface area (Å²) in [6.07, 6.45) is 8.04. The Morgan fingerprint density at radius 3 is 2.53 bits per heavy atom. The van der Waals surface area contributed by atoms with E-state index in [0.29, 0.717) is 5.92 Å². The standard InChI is InChI=1S/C14H26O/c1-4-14(3,15)10(2)7-13-9-11-5-6-12(13)8-11/h10-13,15H,4-9H2,1-3H3. The molecule has 2 rings (SSSR count). The summed E-state index contributed by atoms with van der Waals surface area (Å²) in [5, 5.41) is 10.2. The van der Waals surface area contributed by atoms with E-state index < -0.39 is 5.60 Å². The van der Waals surface area contributed by atoms with Crippen molar-refractivity contribution in [2.45, 2.75) is 64.9 Å². The van der Waals surface area contributed by atoms with Gasteiger partial charge < -0.3 is 5.11 Å². The molecule has 0 amide bonds. The third-order valence-electron chi connectivity index (χ3n) is 5.32. The largest absolute Gasteiger partial charge is 0.390 e. The predicted molar refractivity (Wildman–Crippen MR) is 63.6 cm³/mol. The van der Waals surface area contributed by atoms with Gasteiger partial charge >= 0.3 is 0 Å². The van der Waals surface area contributed by atoms with E-state index in [1.54, 1.807) is 0 Å². The summed E-state index contributed by atoms with van der Waals surface area (Å²) in [6, 6.07) is 0. The van der Waals surface area contributed by atoms with Crippen LogP contribution in [0.1, 0.15) is 59.3 Å². The Labute approximate surface area is 94.3 Å². The van der Waals surface area contributed by atoms with Crippen LogP contribution in [0.25, 0.3) is 0 Å². The Kier molecular flexibility index (Phi) is 3.12. The fraction of sp³-hybridized carbons (Fsp3) is 1.00. The highest BCUT2D eigenvalue weighted by Crippen LogP contribution is 2.51. The van der Waals surface area contributed by atoms with Gasteiger partial charge in [0, 0.05) is 0 Å². The number of hydrogen-bond donors (Lipinski definition) is 1. The molecule has 0 aromatic rings. The molecule has 1 nitrogen and oxygen atoms in total. The minimum absolute atomic E-state index is 0.443. The molecule has 2 aliphatic carbocycles. The van der Waals surface area contributed by atoms with E-state index in [1.807, 2.05) is 6.92 Å². The maximum absolute atomic E-state index is 10.2. The van der Waals surface area contributed by atoms with E-state index in [2.05, 4.69) is 13.8 Å². The maximum atomic E-state index is 10.2. The third-order valence-corrected chi connectivity index (χ3v) is 5.32. The predicted octanol–water partition coefficient (Wildman–Crippen LogP) is 3.61. The lowest BCUT2D eigenvalue weighted by molar-refractivity contribution is -0.0100. The highest BCUT2D eigenvalue weighted by Gasteiger charge is 2.41. The zero-order valence-corrected chi connectivity index (χ0v) is 10.5. The van der Waals surface area contributed by atoms with Crippen molar-refractivity contribution in [1.82, 2.24) is 0 Å². The molecule has 0 saturated heterocycles. The summed E-state index contributed by atoms with van der Waals surface area (Å²) in [6.45, 7) is 6.33. The third kappa shape index (κ3) is 2.22. The molecular formula is C14H26O. The van der Waals surface area contributed by atoms with Gasteiger partial charge in [-0.3, -0.25) is 0 Å². The van der Waals surface area contributed by atoms with Crippen molar-refractivity contribution in [3.63, 3.8) is 0 Å². The molecule has 1 N–H and O–H groups in total. The Morgan fingerprint density at radius 2 is 2.07 bits per heavy atom. The molecule has 15 heavy (non-hydrogen) atoms. The van der Waals surface area contributed by atoms with Gasteiger partial charge in [0.15, 0.2) is 0 Å². The summed E-state index contributed by atoms with van der Waals surface area (Å²) in [4.78, 5) is 0. The second-order valence-corrected chi connectivity index (χ2v) is 6.28. The van der Waals surface area contributed by atoms with Crippen LogP contribution in [-0.4, -0.2) is 10.7 Å². The van der Waals surface area contributed by atoms with Crippen LogP contribution >= 0.6 is 0 Å². The molecule has 1 heteroatoms. The molecule has 2 aliphatic rings. The van der Waals surface area contributed by atoms with Crippen LogP contribution in [0.3, 0.4) is 0 Å². The number of aliphatic hydroxyl groups is 1. The first-order valence-corrected chi connectivity index (χ1v) is 6.75. The van der Waals surface area contributed by atoms with Crippen LogP contribution in [-0.2, 0) is 0 Å². The van der Waals surface area contributed by atoms with Gasteiger partial charge in [-0.2, -0.15) is 0 Å². The highest BCUT2D eigenvalue weighted by molar-refractivity contribution is 4.92. The lowest BCUT2D eigenvalue weighted by Gasteiger charge is -2.33. The first kappa shape index (κ1) is 11.4. The topological polar surface area (TPSA) is 20.2 Å². The van der Waals surface area contributed by atoms with Crippen LogP contribution in [0.5, 0.6) is 0 Å². The number of rotatable bonds is 4. The molecule has 0 spiro atoms. The van der Waals surface area contributed by atoms with Crippen molar-refractivity contribution in [2.75, 3.05) is 0 Å².